The van der Waals surface area contributed by atoms with Crippen LogP contribution in [0.5, 0.6) is 0 Å². The predicted octanol–water partition coefficient (Wildman–Crippen LogP) is 3.02. The fourth-order valence-electron chi connectivity index (χ4n) is 4.54. The zero-order valence-electron chi connectivity index (χ0n) is 13.9. The highest BCUT2D eigenvalue weighted by molar-refractivity contribution is 5.83. The molecule has 0 aromatic carbocycles. The average Bonchev–Trinajstić information content (AvgIpc) is 3.04. The van der Waals surface area contributed by atoms with Crippen LogP contribution < -0.4 is 5.32 Å². The van der Waals surface area contributed by atoms with Crippen molar-refractivity contribution in [1.82, 2.24) is 10.2 Å². The summed E-state index contributed by atoms with van der Waals surface area (Å²) in [5, 5.41) is 13.1. The van der Waals surface area contributed by atoms with E-state index in [1.165, 1.54) is 70.9 Å². The van der Waals surface area contributed by atoms with Gasteiger partial charge in [-0.1, -0.05) is 38.5 Å². The molecule has 0 amide bonds. The van der Waals surface area contributed by atoms with E-state index >= 15 is 0 Å². The molecule has 3 rings (SSSR count). The Bertz CT molecular complexity index is 387. The number of rotatable bonds is 1. The Balaban J connectivity index is 1.60. The molecule has 2 aliphatic heterocycles. The molecule has 3 aliphatic rings. The molecule has 2 saturated heterocycles. The highest BCUT2D eigenvalue weighted by Crippen LogP contribution is 2.47. The van der Waals surface area contributed by atoms with Crippen LogP contribution in [0.3, 0.4) is 0 Å². The Hall–Kier alpha value is -0.610. The number of carboxylic acid groups (broad SMARTS) is 1. The monoisotopic (exact) mass is 308 g/mol. The largest absolute Gasteiger partial charge is 0.480 e. The molecule has 0 aromatic rings. The Morgan fingerprint density at radius 2 is 1.64 bits per heavy atom. The van der Waals surface area contributed by atoms with Gasteiger partial charge >= 0.3 is 5.97 Å². The summed E-state index contributed by atoms with van der Waals surface area (Å²) in [7, 11) is 0. The summed E-state index contributed by atoms with van der Waals surface area (Å²) < 4.78 is 0. The third kappa shape index (κ3) is 3.65. The third-order valence-corrected chi connectivity index (χ3v) is 6.14. The first kappa shape index (κ1) is 16.3. The van der Waals surface area contributed by atoms with Crippen molar-refractivity contribution in [3.8, 4) is 0 Å². The molecule has 3 fully saturated rings. The smallest absolute Gasteiger partial charge is 0.324 e. The van der Waals surface area contributed by atoms with Crippen LogP contribution >= 0.6 is 0 Å². The molecular weight excluding hydrogens is 276 g/mol. The molecule has 3 unspecified atom stereocenters. The first-order valence-electron chi connectivity index (χ1n) is 9.45. The molecular formula is C18H32N2O2. The summed E-state index contributed by atoms with van der Waals surface area (Å²) in [6.45, 7) is 3.27. The van der Waals surface area contributed by atoms with Gasteiger partial charge in [0.15, 0.2) is 0 Å². The number of aliphatic carboxylic acids is 1. The second-order valence-electron chi connectivity index (χ2n) is 7.65. The lowest BCUT2D eigenvalue weighted by Crippen LogP contribution is -2.48. The van der Waals surface area contributed by atoms with Crippen molar-refractivity contribution in [2.75, 3.05) is 19.6 Å². The van der Waals surface area contributed by atoms with E-state index in [-0.39, 0.29) is 0 Å². The first-order valence-corrected chi connectivity index (χ1v) is 9.45. The quantitative estimate of drug-likeness (QED) is 0.782. The summed E-state index contributed by atoms with van der Waals surface area (Å²) in [6.07, 6.45) is 13.6. The van der Waals surface area contributed by atoms with Gasteiger partial charge in [0.1, 0.15) is 5.54 Å². The summed E-state index contributed by atoms with van der Waals surface area (Å²) in [5.74, 6) is -0.253. The second kappa shape index (κ2) is 7.31. The van der Waals surface area contributed by atoms with Crippen molar-refractivity contribution in [2.24, 2.45) is 5.92 Å². The number of hydrogen-bond donors (Lipinski definition) is 2. The maximum absolute atomic E-state index is 11.7. The molecule has 0 spiro atoms. The van der Waals surface area contributed by atoms with E-state index in [1.807, 2.05) is 0 Å². The van der Waals surface area contributed by atoms with Gasteiger partial charge in [0.2, 0.25) is 0 Å². The summed E-state index contributed by atoms with van der Waals surface area (Å²) in [6, 6.07) is 0.558. The van der Waals surface area contributed by atoms with Crippen LogP contribution in [0, 0.1) is 5.92 Å². The van der Waals surface area contributed by atoms with Crippen LogP contribution in [0.25, 0.3) is 0 Å². The average molecular weight is 308 g/mol. The van der Waals surface area contributed by atoms with Crippen molar-refractivity contribution >= 4 is 5.97 Å². The predicted molar refractivity (Wildman–Crippen MR) is 88.0 cm³/mol. The van der Waals surface area contributed by atoms with E-state index in [9.17, 15) is 9.90 Å². The third-order valence-electron chi connectivity index (χ3n) is 6.14. The van der Waals surface area contributed by atoms with Gasteiger partial charge in [-0.05, 0) is 51.1 Å². The van der Waals surface area contributed by atoms with Crippen LogP contribution in [-0.2, 0) is 4.79 Å². The molecule has 0 aromatic heterocycles. The van der Waals surface area contributed by atoms with Crippen molar-refractivity contribution < 1.29 is 9.90 Å². The van der Waals surface area contributed by atoms with E-state index in [0.29, 0.717) is 12.0 Å². The van der Waals surface area contributed by atoms with Crippen molar-refractivity contribution in [3.63, 3.8) is 0 Å². The second-order valence-corrected chi connectivity index (χ2v) is 7.65. The zero-order valence-corrected chi connectivity index (χ0v) is 13.9. The number of carboxylic acids is 1. The number of hydrogen-bond acceptors (Lipinski definition) is 3. The van der Waals surface area contributed by atoms with E-state index in [4.69, 9.17) is 0 Å². The fraction of sp³-hybridized carbons (Fsp3) is 0.944. The molecule has 4 heteroatoms. The van der Waals surface area contributed by atoms with Crippen LogP contribution in [0.4, 0.5) is 0 Å². The Morgan fingerprint density at radius 3 is 2.41 bits per heavy atom. The molecule has 4 nitrogen and oxygen atoms in total. The van der Waals surface area contributed by atoms with Gasteiger partial charge in [0.05, 0.1) is 0 Å². The summed E-state index contributed by atoms with van der Waals surface area (Å²) >= 11 is 0. The zero-order chi connectivity index (χ0) is 15.4. The highest BCUT2D eigenvalue weighted by atomic mass is 16.4. The Kier molecular flexibility index (Phi) is 5.40. The molecule has 0 radical (unpaired) electrons. The topological polar surface area (TPSA) is 52.6 Å². The fourth-order valence-corrected chi connectivity index (χ4v) is 4.54. The lowest BCUT2D eigenvalue weighted by atomic mass is 10.0. The van der Waals surface area contributed by atoms with Gasteiger partial charge in [-0.15, -0.1) is 0 Å². The minimum atomic E-state index is -0.619. The van der Waals surface area contributed by atoms with E-state index in [0.717, 1.165) is 19.4 Å². The lowest BCUT2D eigenvalue weighted by molar-refractivity contribution is -0.141. The standard InChI is InChI=1S/C18H32N2O2/c21-17(22)18-13-15(18)9-6-4-2-1-3-5-7-11-20-12-8-10-16(20)14-19-18/h15-16,19H,1-14H2,(H,21,22). The lowest BCUT2D eigenvalue weighted by Gasteiger charge is -2.26. The number of nitrogens with zero attached hydrogens (tertiary/aromatic N) is 1. The normalized spacial score (nSPS) is 38.4. The first-order chi connectivity index (χ1) is 10.7. The Labute approximate surface area is 134 Å². The number of carbonyl (C=O) groups is 1. The van der Waals surface area contributed by atoms with Gasteiger partial charge in [0, 0.05) is 12.6 Å². The van der Waals surface area contributed by atoms with Crippen molar-refractivity contribution in [2.45, 2.75) is 82.2 Å². The highest BCUT2D eigenvalue weighted by Gasteiger charge is 2.59. The van der Waals surface area contributed by atoms with Crippen LogP contribution in [0.2, 0.25) is 0 Å². The van der Waals surface area contributed by atoms with Gasteiger partial charge in [-0.2, -0.15) is 0 Å². The molecule has 1 aliphatic carbocycles. The SMILES string of the molecule is O=C(O)C12CC1CCCCCCCCCN1CCCC1CN2. The minimum Gasteiger partial charge on any atom is -0.480 e. The summed E-state index contributed by atoms with van der Waals surface area (Å²) in [4.78, 5) is 14.3. The van der Waals surface area contributed by atoms with Gasteiger partial charge in [-0.25, -0.2) is 0 Å². The van der Waals surface area contributed by atoms with Crippen LogP contribution in [-0.4, -0.2) is 47.2 Å². The molecule has 1 saturated carbocycles. The number of nitrogens with one attached hydrogen (secondary N) is 1. The molecule has 3 atom stereocenters. The number of fused-ring (bicyclic) bond motifs is 2. The van der Waals surface area contributed by atoms with E-state index < -0.39 is 11.5 Å². The van der Waals surface area contributed by atoms with Gasteiger partial charge in [-0.3, -0.25) is 9.69 Å². The van der Waals surface area contributed by atoms with E-state index in [1.54, 1.807) is 0 Å². The Morgan fingerprint density at radius 1 is 0.955 bits per heavy atom. The molecule has 22 heavy (non-hydrogen) atoms. The van der Waals surface area contributed by atoms with Crippen LogP contribution in [0.1, 0.15) is 70.6 Å². The van der Waals surface area contributed by atoms with Gasteiger partial charge in [0.25, 0.3) is 0 Å². The van der Waals surface area contributed by atoms with Crippen molar-refractivity contribution in [3.05, 3.63) is 0 Å². The molecule has 126 valence electrons. The van der Waals surface area contributed by atoms with Gasteiger partial charge < -0.3 is 10.4 Å². The maximum Gasteiger partial charge on any atom is 0.324 e. The minimum absolute atomic E-state index is 0.366. The molecule has 2 heterocycles. The summed E-state index contributed by atoms with van der Waals surface area (Å²) in [5.41, 5.74) is -0.589. The molecule has 0 bridgehead atoms. The maximum atomic E-state index is 11.7. The molecule has 2 N–H and O–H groups in total. The van der Waals surface area contributed by atoms with Crippen molar-refractivity contribution in [1.29, 1.82) is 0 Å². The van der Waals surface area contributed by atoms with Crippen LogP contribution in [0.15, 0.2) is 0 Å². The van der Waals surface area contributed by atoms with E-state index in [2.05, 4.69) is 10.2 Å².